The summed E-state index contributed by atoms with van der Waals surface area (Å²) in [6, 6.07) is 2.79. The van der Waals surface area contributed by atoms with Gasteiger partial charge in [-0.1, -0.05) is 0 Å². The summed E-state index contributed by atoms with van der Waals surface area (Å²) in [6.45, 7) is 5.86. The Morgan fingerprint density at radius 2 is 1.90 bits per heavy atom. The highest BCUT2D eigenvalue weighted by Gasteiger charge is 2.23. The summed E-state index contributed by atoms with van der Waals surface area (Å²) in [6.07, 6.45) is 1.37. The first-order valence-corrected chi connectivity index (χ1v) is 9.26. The van der Waals surface area contributed by atoms with Gasteiger partial charge in [-0.3, -0.25) is 14.5 Å². The molecule has 0 radical (unpaired) electrons. The SMILES string of the molecule is CC(=O)c1c[nH]c2cc(N3CCN(Cc4oc(=O)oc4C)CC3)c(F)cc2c1=O. The molecule has 1 aromatic carbocycles. The Labute approximate surface area is 164 Å². The van der Waals surface area contributed by atoms with Crippen molar-refractivity contribution >= 4 is 22.4 Å². The molecule has 0 bridgehead atoms. The van der Waals surface area contributed by atoms with Gasteiger partial charge in [0, 0.05) is 37.8 Å². The third kappa shape index (κ3) is 3.61. The molecule has 9 heteroatoms. The first-order chi connectivity index (χ1) is 13.8. The van der Waals surface area contributed by atoms with Crippen molar-refractivity contribution in [2.75, 3.05) is 31.1 Å². The van der Waals surface area contributed by atoms with Crippen molar-refractivity contribution in [2.45, 2.75) is 20.4 Å². The number of halogens is 1. The van der Waals surface area contributed by atoms with Crippen LogP contribution in [0.3, 0.4) is 0 Å². The fraction of sp³-hybridized carbons (Fsp3) is 0.350. The molecule has 0 aliphatic carbocycles. The fourth-order valence-electron chi connectivity index (χ4n) is 3.60. The summed E-state index contributed by atoms with van der Waals surface area (Å²) in [4.78, 5) is 42.0. The molecule has 8 nitrogen and oxygen atoms in total. The van der Waals surface area contributed by atoms with E-state index in [4.69, 9.17) is 8.83 Å². The molecule has 0 amide bonds. The number of H-pyrrole nitrogens is 1. The first-order valence-electron chi connectivity index (χ1n) is 9.26. The van der Waals surface area contributed by atoms with Gasteiger partial charge in [-0.25, -0.2) is 9.18 Å². The van der Waals surface area contributed by atoms with Gasteiger partial charge in [-0.15, -0.1) is 0 Å². The van der Waals surface area contributed by atoms with E-state index in [-0.39, 0.29) is 16.7 Å². The number of Topliss-reactive ketones (excluding diaryl/α,β-unsaturated/α-hetero) is 1. The van der Waals surface area contributed by atoms with Crippen molar-refractivity contribution in [1.29, 1.82) is 0 Å². The number of nitrogens with one attached hydrogen (secondary N) is 1. The number of pyridine rings is 1. The Balaban J connectivity index is 1.53. The van der Waals surface area contributed by atoms with E-state index < -0.39 is 17.1 Å². The Morgan fingerprint density at radius 1 is 1.17 bits per heavy atom. The molecule has 4 rings (SSSR count). The lowest BCUT2D eigenvalue weighted by Gasteiger charge is -2.35. The van der Waals surface area contributed by atoms with Crippen LogP contribution < -0.4 is 16.2 Å². The van der Waals surface area contributed by atoms with Gasteiger partial charge in [-0.05, 0) is 26.0 Å². The second-order valence-electron chi connectivity index (χ2n) is 7.13. The maximum Gasteiger partial charge on any atom is 0.519 e. The van der Waals surface area contributed by atoms with Gasteiger partial charge in [0.1, 0.15) is 11.6 Å². The Hall–Kier alpha value is -3.20. The summed E-state index contributed by atoms with van der Waals surface area (Å²) in [7, 11) is 0. The molecule has 0 spiro atoms. The molecular formula is C20H20FN3O5. The largest absolute Gasteiger partial charge is 0.519 e. The number of anilines is 1. The third-order valence-electron chi connectivity index (χ3n) is 5.24. The van der Waals surface area contributed by atoms with Crippen LogP contribution in [0.25, 0.3) is 10.9 Å². The number of rotatable bonds is 4. The zero-order valence-electron chi connectivity index (χ0n) is 16.1. The average molecular weight is 401 g/mol. The smallest absolute Gasteiger partial charge is 0.396 e. The molecule has 1 fully saturated rings. The van der Waals surface area contributed by atoms with Crippen molar-refractivity contribution < 1.29 is 18.0 Å². The maximum absolute atomic E-state index is 14.8. The van der Waals surface area contributed by atoms with Crippen molar-refractivity contribution in [3.05, 3.63) is 62.1 Å². The molecule has 1 saturated heterocycles. The van der Waals surface area contributed by atoms with Crippen LogP contribution in [0.4, 0.5) is 10.1 Å². The predicted octanol–water partition coefficient (Wildman–Crippen LogP) is 2.05. The predicted molar refractivity (Wildman–Crippen MR) is 104 cm³/mol. The molecule has 3 heterocycles. The van der Waals surface area contributed by atoms with Crippen LogP contribution in [0.5, 0.6) is 0 Å². The molecule has 1 aliphatic heterocycles. The van der Waals surface area contributed by atoms with Crippen LogP contribution in [0, 0.1) is 12.7 Å². The number of ketones is 1. The van der Waals surface area contributed by atoms with E-state index in [1.54, 1.807) is 13.0 Å². The highest BCUT2D eigenvalue weighted by atomic mass is 19.1. The lowest BCUT2D eigenvalue weighted by Crippen LogP contribution is -2.46. The lowest BCUT2D eigenvalue weighted by atomic mass is 10.1. The van der Waals surface area contributed by atoms with E-state index in [2.05, 4.69) is 9.88 Å². The molecular weight excluding hydrogens is 381 g/mol. The summed E-state index contributed by atoms with van der Waals surface area (Å²) in [5, 5.41) is 0.156. The molecule has 152 valence electrons. The van der Waals surface area contributed by atoms with E-state index in [1.807, 2.05) is 4.90 Å². The number of piperazine rings is 1. The van der Waals surface area contributed by atoms with Crippen molar-refractivity contribution in [2.24, 2.45) is 0 Å². The minimum Gasteiger partial charge on any atom is -0.396 e. The average Bonchev–Trinajstić information content (AvgIpc) is 2.99. The number of carbonyl (C=O) groups excluding carboxylic acids is 1. The number of hydrogen-bond donors (Lipinski definition) is 1. The van der Waals surface area contributed by atoms with Crippen LogP contribution in [0.1, 0.15) is 28.8 Å². The van der Waals surface area contributed by atoms with Crippen molar-refractivity contribution in [3.63, 3.8) is 0 Å². The van der Waals surface area contributed by atoms with Gasteiger partial charge in [0.05, 0.1) is 23.3 Å². The number of hydrogen-bond acceptors (Lipinski definition) is 7. The second kappa shape index (κ2) is 7.32. The summed E-state index contributed by atoms with van der Waals surface area (Å²) >= 11 is 0. The molecule has 1 N–H and O–H groups in total. The molecule has 0 saturated carbocycles. The van der Waals surface area contributed by atoms with Crippen molar-refractivity contribution in [3.8, 4) is 0 Å². The number of carbonyl (C=O) groups is 1. The number of aromatic amines is 1. The highest BCUT2D eigenvalue weighted by Crippen LogP contribution is 2.25. The van der Waals surface area contributed by atoms with Crippen LogP contribution in [0.2, 0.25) is 0 Å². The highest BCUT2D eigenvalue weighted by molar-refractivity contribution is 5.97. The topological polar surface area (TPSA) is 99.8 Å². The van der Waals surface area contributed by atoms with Crippen LogP contribution in [0.15, 0.2) is 36.8 Å². The van der Waals surface area contributed by atoms with E-state index in [1.165, 1.54) is 19.2 Å². The molecule has 0 atom stereocenters. The van der Waals surface area contributed by atoms with Crippen LogP contribution >= 0.6 is 0 Å². The Bertz CT molecular complexity index is 1200. The Kier molecular flexibility index (Phi) is 4.83. The zero-order chi connectivity index (χ0) is 20.7. The Morgan fingerprint density at radius 3 is 2.52 bits per heavy atom. The first kappa shape index (κ1) is 19.1. The molecule has 3 aromatic rings. The third-order valence-corrected chi connectivity index (χ3v) is 5.24. The van der Waals surface area contributed by atoms with Gasteiger partial charge < -0.3 is 18.7 Å². The van der Waals surface area contributed by atoms with E-state index >= 15 is 0 Å². The van der Waals surface area contributed by atoms with Crippen LogP contribution in [-0.2, 0) is 6.54 Å². The molecule has 2 aromatic heterocycles. The minimum absolute atomic E-state index is 0.0134. The van der Waals surface area contributed by atoms with Gasteiger partial charge >= 0.3 is 5.82 Å². The van der Waals surface area contributed by atoms with Gasteiger partial charge in [-0.2, -0.15) is 0 Å². The fourth-order valence-corrected chi connectivity index (χ4v) is 3.60. The number of nitrogens with zero attached hydrogens (tertiary/aromatic N) is 2. The van der Waals surface area contributed by atoms with Gasteiger partial charge in [0.15, 0.2) is 17.0 Å². The number of benzene rings is 1. The normalized spacial score (nSPS) is 15.2. The van der Waals surface area contributed by atoms with Crippen molar-refractivity contribution in [1.82, 2.24) is 9.88 Å². The van der Waals surface area contributed by atoms with Crippen LogP contribution in [-0.4, -0.2) is 41.8 Å². The molecule has 0 unspecified atom stereocenters. The number of fused-ring (bicyclic) bond motifs is 1. The van der Waals surface area contributed by atoms with Gasteiger partial charge in [0.25, 0.3) is 0 Å². The zero-order valence-corrected chi connectivity index (χ0v) is 16.1. The standard InChI is InChI=1S/C20H20FN3O5/c1-11(25)14-9-22-16-8-17(15(21)7-13(16)19(14)26)24-5-3-23(4-6-24)10-18-12(2)28-20(27)29-18/h7-9H,3-6,10H2,1-2H3,(H,22,26). The second-order valence-corrected chi connectivity index (χ2v) is 7.13. The quantitative estimate of drug-likeness (QED) is 0.668. The van der Waals surface area contributed by atoms with Gasteiger partial charge in [0.2, 0.25) is 0 Å². The number of aryl methyl sites for hydroxylation is 1. The van der Waals surface area contributed by atoms with E-state index in [9.17, 15) is 18.8 Å². The van der Waals surface area contributed by atoms with E-state index in [0.717, 1.165) is 0 Å². The molecule has 1 aliphatic rings. The minimum atomic E-state index is -0.712. The van der Waals surface area contributed by atoms with E-state index in [0.29, 0.717) is 55.4 Å². The summed E-state index contributed by atoms with van der Waals surface area (Å²) in [5.41, 5.74) is 0.418. The molecule has 29 heavy (non-hydrogen) atoms. The summed E-state index contributed by atoms with van der Waals surface area (Å²) < 4.78 is 24.7. The lowest BCUT2D eigenvalue weighted by molar-refractivity contribution is 0.101. The monoisotopic (exact) mass is 401 g/mol. The maximum atomic E-state index is 14.8. The number of aromatic nitrogens is 1. The summed E-state index contributed by atoms with van der Waals surface area (Å²) in [5.74, 6) is -0.617.